The standard InChI is InChI=1S/C24H29N3O5.C16H25N3O3/c1-2-19-21-20(14-24(16-25-22(21)29)8-12-31-13-9-24)27(26-19)10-3-11-32-23(30)18-6-4-17(15-28)5-7-18;1-2-12-14-13(19(18-12)6-3-7-20)10-16(11-17-15(14)21)4-8-22-9-5-16/h4-7,15H,2-3,8-14,16H2,1H3,(H,25,29);20H,2-11H2,1H3,(H,17,21). The first-order chi connectivity index (χ1) is 26.2. The number of esters is 1. The second-order valence-corrected chi connectivity index (χ2v) is 14.9. The molecule has 14 nitrogen and oxygen atoms in total. The molecular weight excluding hydrogens is 692 g/mol. The van der Waals surface area contributed by atoms with Gasteiger partial charge in [0.1, 0.15) is 6.29 Å². The van der Waals surface area contributed by atoms with Crippen molar-refractivity contribution >= 4 is 24.1 Å². The molecule has 4 aliphatic heterocycles. The van der Waals surface area contributed by atoms with Crippen molar-refractivity contribution in [1.29, 1.82) is 0 Å². The Bertz CT molecular complexity index is 1790. The van der Waals surface area contributed by atoms with Crippen molar-refractivity contribution in [1.82, 2.24) is 30.2 Å². The van der Waals surface area contributed by atoms with Crippen LogP contribution in [0.15, 0.2) is 24.3 Å². The lowest BCUT2D eigenvalue weighted by Crippen LogP contribution is -2.40. The number of aldehydes is 1. The average Bonchev–Trinajstić information content (AvgIpc) is 3.64. The van der Waals surface area contributed by atoms with E-state index in [2.05, 4.69) is 15.7 Å². The highest BCUT2D eigenvalue weighted by molar-refractivity contribution is 5.97. The number of aliphatic hydroxyl groups is 1. The molecule has 0 aliphatic carbocycles. The Morgan fingerprint density at radius 2 is 1.30 bits per heavy atom. The third kappa shape index (κ3) is 8.76. The summed E-state index contributed by atoms with van der Waals surface area (Å²) in [6, 6.07) is 6.34. The van der Waals surface area contributed by atoms with Gasteiger partial charge in [0.25, 0.3) is 11.8 Å². The van der Waals surface area contributed by atoms with Gasteiger partial charge in [0.15, 0.2) is 0 Å². The molecule has 2 amide bonds. The Morgan fingerprint density at radius 1 is 0.815 bits per heavy atom. The van der Waals surface area contributed by atoms with Crippen molar-refractivity contribution in [3.63, 3.8) is 0 Å². The molecule has 14 heteroatoms. The molecule has 0 atom stereocenters. The Morgan fingerprint density at radius 3 is 1.74 bits per heavy atom. The predicted octanol–water partition coefficient (Wildman–Crippen LogP) is 3.50. The van der Waals surface area contributed by atoms with Gasteiger partial charge in [0, 0.05) is 71.2 Å². The summed E-state index contributed by atoms with van der Waals surface area (Å²) >= 11 is 0. The summed E-state index contributed by atoms with van der Waals surface area (Å²) in [7, 11) is 0. The maximum Gasteiger partial charge on any atom is 0.338 e. The number of aliphatic hydroxyl groups excluding tert-OH is 1. The molecule has 2 fully saturated rings. The number of amides is 2. The minimum absolute atomic E-state index is 0.00208. The smallest absolute Gasteiger partial charge is 0.338 e. The number of hydrogen-bond acceptors (Lipinski definition) is 10. The summed E-state index contributed by atoms with van der Waals surface area (Å²) in [5, 5.41) is 24.7. The maximum absolute atomic E-state index is 12.9. The second-order valence-electron chi connectivity index (χ2n) is 14.9. The van der Waals surface area contributed by atoms with Crippen LogP contribution < -0.4 is 10.6 Å². The van der Waals surface area contributed by atoms with Gasteiger partial charge < -0.3 is 30.0 Å². The van der Waals surface area contributed by atoms with Gasteiger partial charge in [-0.25, -0.2) is 4.79 Å². The summed E-state index contributed by atoms with van der Waals surface area (Å²) in [6.07, 6.45) is 8.85. The van der Waals surface area contributed by atoms with Crippen LogP contribution in [0.3, 0.4) is 0 Å². The van der Waals surface area contributed by atoms with E-state index in [0.29, 0.717) is 75.3 Å². The average molecular weight is 747 g/mol. The first-order valence-corrected chi connectivity index (χ1v) is 19.5. The number of benzene rings is 1. The number of carbonyl (C=O) groups excluding carboxylic acids is 4. The Labute approximate surface area is 316 Å². The van der Waals surface area contributed by atoms with Gasteiger partial charge in [-0.15, -0.1) is 0 Å². The fourth-order valence-corrected chi connectivity index (χ4v) is 8.10. The molecular formula is C40H54N6O8. The zero-order valence-corrected chi connectivity index (χ0v) is 31.6. The molecule has 292 valence electrons. The topological polar surface area (TPSA) is 176 Å². The molecule has 2 saturated heterocycles. The van der Waals surface area contributed by atoms with E-state index in [4.69, 9.17) is 24.4 Å². The summed E-state index contributed by atoms with van der Waals surface area (Å²) in [5.41, 5.74) is 6.20. The van der Waals surface area contributed by atoms with E-state index in [1.807, 2.05) is 23.2 Å². The molecule has 0 saturated carbocycles. The second kappa shape index (κ2) is 17.8. The van der Waals surface area contributed by atoms with Crippen molar-refractivity contribution in [2.75, 3.05) is 52.7 Å². The Balaban J connectivity index is 0.000000197. The van der Waals surface area contributed by atoms with Crippen LogP contribution in [0.5, 0.6) is 0 Å². The van der Waals surface area contributed by atoms with E-state index in [-0.39, 0.29) is 35.9 Å². The van der Waals surface area contributed by atoms with Crippen molar-refractivity contribution in [2.45, 2.75) is 91.1 Å². The van der Waals surface area contributed by atoms with Crippen molar-refractivity contribution in [3.8, 4) is 0 Å². The van der Waals surface area contributed by atoms with Gasteiger partial charge in [-0.1, -0.05) is 26.0 Å². The minimum Gasteiger partial charge on any atom is -0.462 e. The lowest BCUT2D eigenvalue weighted by Gasteiger charge is -2.36. The first-order valence-electron chi connectivity index (χ1n) is 19.5. The minimum atomic E-state index is -0.420. The monoisotopic (exact) mass is 746 g/mol. The summed E-state index contributed by atoms with van der Waals surface area (Å²) in [4.78, 5) is 48.4. The molecule has 0 radical (unpaired) electrons. The number of nitrogens with zero attached hydrogens (tertiary/aromatic N) is 4. The van der Waals surface area contributed by atoms with E-state index >= 15 is 0 Å². The van der Waals surface area contributed by atoms with Gasteiger partial charge in [-0.2, -0.15) is 10.2 Å². The number of aryl methyl sites for hydroxylation is 4. The molecule has 7 rings (SSSR count). The van der Waals surface area contributed by atoms with E-state index in [0.717, 1.165) is 92.8 Å². The van der Waals surface area contributed by atoms with Crippen LogP contribution in [0.25, 0.3) is 0 Å². The molecule has 4 aliphatic rings. The zero-order valence-electron chi connectivity index (χ0n) is 31.6. The van der Waals surface area contributed by atoms with Crippen LogP contribution in [0.4, 0.5) is 0 Å². The number of ether oxygens (including phenoxy) is 3. The van der Waals surface area contributed by atoms with Crippen LogP contribution in [0.1, 0.15) is 117 Å². The lowest BCUT2D eigenvalue weighted by atomic mass is 9.76. The highest BCUT2D eigenvalue weighted by atomic mass is 16.5. The van der Waals surface area contributed by atoms with Gasteiger partial charge in [-0.3, -0.25) is 23.7 Å². The molecule has 6 heterocycles. The number of hydrogen-bond donors (Lipinski definition) is 3. The number of nitrogens with one attached hydrogen (secondary N) is 2. The van der Waals surface area contributed by atoms with Crippen LogP contribution in [0.2, 0.25) is 0 Å². The highest BCUT2D eigenvalue weighted by Crippen LogP contribution is 2.38. The number of rotatable bonds is 11. The van der Waals surface area contributed by atoms with Crippen LogP contribution >= 0.6 is 0 Å². The maximum atomic E-state index is 12.9. The number of carbonyl (C=O) groups is 4. The SMILES string of the molecule is CCc1nn(CCCO)c2c1C(=O)NCC1(CCOCC1)C2.CCc1nn(CCCOC(=O)c2ccc(C=O)cc2)c2c1C(=O)NCC1(CCOCC1)C2. The Kier molecular flexibility index (Phi) is 13.0. The first kappa shape index (κ1) is 39.3. The molecule has 0 unspecified atom stereocenters. The van der Waals surface area contributed by atoms with Crippen LogP contribution in [-0.2, 0) is 53.0 Å². The van der Waals surface area contributed by atoms with E-state index in [1.165, 1.54) is 0 Å². The van der Waals surface area contributed by atoms with E-state index in [9.17, 15) is 19.2 Å². The Hall–Kier alpha value is -4.40. The van der Waals surface area contributed by atoms with Crippen LogP contribution in [-0.4, -0.2) is 101 Å². The molecule has 0 bridgehead atoms. The summed E-state index contributed by atoms with van der Waals surface area (Å²) in [5.74, 6) is -0.460. The van der Waals surface area contributed by atoms with Gasteiger partial charge in [0.2, 0.25) is 0 Å². The quantitative estimate of drug-likeness (QED) is 0.150. The third-order valence-electron chi connectivity index (χ3n) is 11.4. The van der Waals surface area contributed by atoms with Crippen molar-refractivity contribution in [2.24, 2.45) is 10.8 Å². The fourth-order valence-electron chi connectivity index (χ4n) is 8.10. The van der Waals surface area contributed by atoms with Crippen molar-refractivity contribution in [3.05, 3.63) is 69.3 Å². The van der Waals surface area contributed by atoms with Gasteiger partial charge >= 0.3 is 5.97 Å². The molecule has 2 aromatic heterocycles. The van der Waals surface area contributed by atoms with E-state index < -0.39 is 5.97 Å². The van der Waals surface area contributed by atoms with Crippen LogP contribution in [0, 0.1) is 10.8 Å². The molecule has 54 heavy (non-hydrogen) atoms. The molecule has 3 aromatic rings. The van der Waals surface area contributed by atoms with Crippen molar-refractivity contribution < 1.29 is 38.5 Å². The number of aromatic nitrogens is 4. The largest absolute Gasteiger partial charge is 0.462 e. The third-order valence-corrected chi connectivity index (χ3v) is 11.4. The fraction of sp³-hybridized carbons (Fsp3) is 0.600. The highest BCUT2D eigenvalue weighted by Gasteiger charge is 2.41. The molecule has 2 spiro atoms. The molecule has 1 aromatic carbocycles. The normalized spacial score (nSPS) is 18.6. The molecule has 3 N–H and O–H groups in total. The summed E-state index contributed by atoms with van der Waals surface area (Å²) < 4.78 is 20.3. The summed E-state index contributed by atoms with van der Waals surface area (Å²) in [6.45, 7) is 9.98. The lowest BCUT2D eigenvalue weighted by molar-refractivity contribution is 0.0151. The number of fused-ring (bicyclic) bond motifs is 2. The van der Waals surface area contributed by atoms with Gasteiger partial charge in [0.05, 0.1) is 46.1 Å². The van der Waals surface area contributed by atoms with Gasteiger partial charge in [-0.05, 0) is 80.8 Å². The van der Waals surface area contributed by atoms with E-state index in [1.54, 1.807) is 24.3 Å². The zero-order chi connectivity index (χ0) is 38.1. The predicted molar refractivity (Wildman–Crippen MR) is 199 cm³/mol.